The van der Waals surface area contributed by atoms with Crippen LogP contribution in [0.2, 0.25) is 0 Å². The highest BCUT2D eigenvalue weighted by atomic mass is 16.5. The molecule has 0 amide bonds. The molecule has 4 heteroatoms. The molecule has 1 saturated heterocycles. The summed E-state index contributed by atoms with van der Waals surface area (Å²) in [4.78, 5) is 6.35. The van der Waals surface area contributed by atoms with Crippen LogP contribution in [0.25, 0.3) is 0 Å². The second-order valence-corrected chi connectivity index (χ2v) is 2.86. The Bertz CT molecular complexity index is 132. The number of morpholine rings is 1. The molecule has 1 fully saturated rings. The summed E-state index contributed by atoms with van der Waals surface area (Å²) >= 11 is 0. The highest BCUT2D eigenvalue weighted by molar-refractivity contribution is 5.50. The molecule has 0 unspecified atom stereocenters. The lowest BCUT2D eigenvalue weighted by Gasteiger charge is -2.26. The summed E-state index contributed by atoms with van der Waals surface area (Å²) in [5, 5.41) is 0. The van der Waals surface area contributed by atoms with Gasteiger partial charge in [-0.1, -0.05) is 0 Å². The zero-order valence-corrected chi connectivity index (χ0v) is 7.41. The van der Waals surface area contributed by atoms with Gasteiger partial charge in [0.1, 0.15) is 0 Å². The number of nitrogens with two attached hydrogens (primary N) is 1. The van der Waals surface area contributed by atoms with Crippen LogP contribution in [0, 0.1) is 0 Å². The van der Waals surface area contributed by atoms with Crippen LogP contribution < -0.4 is 5.73 Å². The summed E-state index contributed by atoms with van der Waals surface area (Å²) in [6, 6.07) is 0. The minimum absolute atomic E-state index is 0.841. The van der Waals surface area contributed by atoms with Crippen LogP contribution >= 0.6 is 0 Å². The van der Waals surface area contributed by atoms with E-state index in [1.807, 2.05) is 0 Å². The SMILES string of the molecule is NC=NCCCN1CCOCC1. The first-order chi connectivity index (χ1) is 5.93. The van der Waals surface area contributed by atoms with Crippen molar-refractivity contribution < 1.29 is 4.74 Å². The van der Waals surface area contributed by atoms with E-state index < -0.39 is 0 Å². The third-order valence-corrected chi connectivity index (χ3v) is 1.97. The third kappa shape index (κ3) is 3.69. The molecule has 70 valence electrons. The molecule has 0 radical (unpaired) electrons. The molecule has 0 saturated carbocycles. The first-order valence-electron chi connectivity index (χ1n) is 4.43. The molecule has 1 heterocycles. The van der Waals surface area contributed by atoms with Gasteiger partial charge >= 0.3 is 0 Å². The standard InChI is InChI=1S/C8H17N3O/c9-8-10-2-1-3-11-4-6-12-7-5-11/h8H,1-7H2,(H2,9,10). The van der Waals surface area contributed by atoms with Crippen molar-refractivity contribution in [3.63, 3.8) is 0 Å². The summed E-state index contributed by atoms with van der Waals surface area (Å²) < 4.78 is 5.24. The quantitative estimate of drug-likeness (QED) is 0.359. The fourth-order valence-electron chi connectivity index (χ4n) is 1.28. The van der Waals surface area contributed by atoms with Crippen molar-refractivity contribution >= 4 is 6.34 Å². The fourth-order valence-corrected chi connectivity index (χ4v) is 1.28. The van der Waals surface area contributed by atoms with E-state index >= 15 is 0 Å². The van der Waals surface area contributed by atoms with E-state index in [1.54, 1.807) is 0 Å². The molecule has 0 atom stereocenters. The summed E-state index contributed by atoms with van der Waals surface area (Å²) in [7, 11) is 0. The Morgan fingerprint density at radius 1 is 1.42 bits per heavy atom. The second kappa shape index (κ2) is 5.97. The van der Waals surface area contributed by atoms with E-state index in [-0.39, 0.29) is 0 Å². The van der Waals surface area contributed by atoms with Gasteiger partial charge in [-0.25, -0.2) is 0 Å². The lowest BCUT2D eigenvalue weighted by Crippen LogP contribution is -2.37. The predicted octanol–water partition coefficient (Wildman–Crippen LogP) is -0.304. The zero-order chi connectivity index (χ0) is 8.65. The molecule has 0 aliphatic carbocycles. The van der Waals surface area contributed by atoms with Gasteiger partial charge in [0.2, 0.25) is 0 Å². The average Bonchev–Trinajstić information content (AvgIpc) is 2.14. The fraction of sp³-hybridized carbons (Fsp3) is 0.875. The van der Waals surface area contributed by atoms with E-state index in [2.05, 4.69) is 9.89 Å². The highest BCUT2D eigenvalue weighted by Gasteiger charge is 2.08. The van der Waals surface area contributed by atoms with Crippen molar-refractivity contribution in [2.45, 2.75) is 6.42 Å². The summed E-state index contributed by atoms with van der Waals surface area (Å²) in [5.41, 5.74) is 5.12. The molecule has 4 nitrogen and oxygen atoms in total. The van der Waals surface area contributed by atoms with Crippen molar-refractivity contribution in [1.82, 2.24) is 4.90 Å². The average molecular weight is 171 g/mol. The molecule has 1 rings (SSSR count). The van der Waals surface area contributed by atoms with E-state index in [0.29, 0.717) is 0 Å². The molecule has 0 bridgehead atoms. The van der Waals surface area contributed by atoms with Gasteiger partial charge in [0, 0.05) is 26.2 Å². The number of aliphatic imine (C=N–C) groups is 1. The van der Waals surface area contributed by atoms with Crippen LogP contribution in [0.15, 0.2) is 4.99 Å². The van der Waals surface area contributed by atoms with E-state index in [4.69, 9.17) is 10.5 Å². The van der Waals surface area contributed by atoms with Crippen LogP contribution in [-0.2, 0) is 4.74 Å². The molecule has 1 aliphatic rings. The first-order valence-corrected chi connectivity index (χ1v) is 4.43. The molecule has 0 aromatic heterocycles. The van der Waals surface area contributed by atoms with Crippen molar-refractivity contribution in [1.29, 1.82) is 0 Å². The Labute approximate surface area is 73.4 Å². The van der Waals surface area contributed by atoms with Crippen LogP contribution in [0.3, 0.4) is 0 Å². The van der Waals surface area contributed by atoms with E-state index in [9.17, 15) is 0 Å². The molecule has 0 aromatic rings. The van der Waals surface area contributed by atoms with Gasteiger partial charge < -0.3 is 10.5 Å². The van der Waals surface area contributed by atoms with Crippen LogP contribution in [-0.4, -0.2) is 50.6 Å². The molecule has 1 aliphatic heterocycles. The predicted molar refractivity (Wildman–Crippen MR) is 49.4 cm³/mol. The maximum absolute atomic E-state index is 5.24. The highest BCUT2D eigenvalue weighted by Crippen LogP contribution is 1.97. The lowest BCUT2D eigenvalue weighted by atomic mass is 10.3. The monoisotopic (exact) mass is 171 g/mol. The van der Waals surface area contributed by atoms with Gasteiger partial charge in [-0.15, -0.1) is 0 Å². The van der Waals surface area contributed by atoms with Crippen molar-refractivity contribution in [3.05, 3.63) is 0 Å². The Morgan fingerprint density at radius 3 is 2.83 bits per heavy atom. The van der Waals surface area contributed by atoms with Gasteiger partial charge in [0.05, 0.1) is 19.6 Å². The Hall–Kier alpha value is -0.610. The van der Waals surface area contributed by atoms with Gasteiger partial charge in [-0.2, -0.15) is 0 Å². The van der Waals surface area contributed by atoms with Gasteiger partial charge in [-0.3, -0.25) is 9.89 Å². The normalized spacial score (nSPS) is 20.3. The van der Waals surface area contributed by atoms with E-state index in [0.717, 1.165) is 45.8 Å². The molecule has 0 spiro atoms. The van der Waals surface area contributed by atoms with Crippen molar-refractivity contribution in [2.24, 2.45) is 10.7 Å². The largest absolute Gasteiger partial charge is 0.390 e. The third-order valence-electron chi connectivity index (χ3n) is 1.97. The molecular formula is C8H17N3O. The van der Waals surface area contributed by atoms with Crippen molar-refractivity contribution in [2.75, 3.05) is 39.4 Å². The molecular weight excluding hydrogens is 154 g/mol. The first kappa shape index (κ1) is 9.48. The molecule has 12 heavy (non-hydrogen) atoms. The minimum Gasteiger partial charge on any atom is -0.390 e. The zero-order valence-electron chi connectivity index (χ0n) is 7.41. The smallest absolute Gasteiger partial charge is 0.0797 e. The summed E-state index contributed by atoms with van der Waals surface area (Å²) in [6.45, 7) is 5.83. The van der Waals surface area contributed by atoms with Crippen LogP contribution in [0.4, 0.5) is 0 Å². The van der Waals surface area contributed by atoms with Gasteiger partial charge in [0.15, 0.2) is 0 Å². The summed E-state index contributed by atoms with van der Waals surface area (Å²) in [5.74, 6) is 0. The van der Waals surface area contributed by atoms with Crippen LogP contribution in [0.5, 0.6) is 0 Å². The van der Waals surface area contributed by atoms with Gasteiger partial charge in [0.25, 0.3) is 0 Å². The molecule has 2 N–H and O–H groups in total. The lowest BCUT2D eigenvalue weighted by molar-refractivity contribution is 0.0377. The van der Waals surface area contributed by atoms with Crippen LogP contribution in [0.1, 0.15) is 6.42 Å². The number of rotatable bonds is 4. The maximum Gasteiger partial charge on any atom is 0.0797 e. The summed E-state index contributed by atoms with van der Waals surface area (Å²) in [6.07, 6.45) is 2.47. The van der Waals surface area contributed by atoms with Crippen molar-refractivity contribution in [3.8, 4) is 0 Å². The van der Waals surface area contributed by atoms with E-state index in [1.165, 1.54) is 6.34 Å². The second-order valence-electron chi connectivity index (χ2n) is 2.86. The topological polar surface area (TPSA) is 50.8 Å². The number of ether oxygens (including phenoxy) is 1. The maximum atomic E-state index is 5.24. The van der Waals surface area contributed by atoms with Gasteiger partial charge in [-0.05, 0) is 6.42 Å². The number of hydrogen-bond donors (Lipinski definition) is 1. The molecule has 0 aromatic carbocycles. The Balaban J connectivity index is 1.97. The Kier molecular flexibility index (Phi) is 4.71. The Morgan fingerprint density at radius 2 is 2.17 bits per heavy atom. The minimum atomic E-state index is 0.841. The number of nitrogens with zero attached hydrogens (tertiary/aromatic N) is 2. The number of hydrogen-bond acceptors (Lipinski definition) is 3.